The van der Waals surface area contributed by atoms with Crippen LogP contribution in [0.15, 0.2) is 24.7 Å². The lowest BCUT2D eigenvalue weighted by molar-refractivity contribution is 0.0134. The topological polar surface area (TPSA) is 69.5 Å². The average molecular weight is 374 g/mol. The highest BCUT2D eigenvalue weighted by Crippen LogP contribution is 2.31. The number of carbonyl (C=O) groups excluding carboxylic acids is 1. The predicted octanol–water partition coefficient (Wildman–Crippen LogP) is 2.85. The molecule has 1 unspecified atom stereocenters. The van der Waals surface area contributed by atoms with E-state index in [1.807, 2.05) is 12.3 Å². The van der Waals surface area contributed by atoms with E-state index in [0.717, 1.165) is 35.3 Å². The number of fused-ring (bicyclic) bond motifs is 3. The Kier molecular flexibility index (Phi) is 3.60. The molecule has 2 saturated heterocycles. The van der Waals surface area contributed by atoms with Crippen molar-refractivity contribution in [1.29, 1.82) is 0 Å². The molecule has 5 heterocycles. The van der Waals surface area contributed by atoms with Gasteiger partial charge in [0.1, 0.15) is 5.82 Å². The Bertz CT molecular complexity index is 1010. The number of piperidine rings is 1. The van der Waals surface area contributed by atoms with Crippen LogP contribution < -0.4 is 0 Å². The van der Waals surface area contributed by atoms with Crippen LogP contribution in [0, 0.1) is 0 Å². The van der Waals surface area contributed by atoms with Crippen molar-refractivity contribution in [2.75, 3.05) is 26.2 Å². The summed E-state index contributed by atoms with van der Waals surface area (Å²) >= 11 is 0. The lowest BCUT2D eigenvalue weighted by atomic mass is 9.97. The van der Waals surface area contributed by atoms with Crippen molar-refractivity contribution in [2.45, 2.75) is 31.1 Å². The number of carbonyl (C=O) groups is 1. The summed E-state index contributed by atoms with van der Waals surface area (Å²) in [5.74, 6) is -1.81. The van der Waals surface area contributed by atoms with E-state index in [9.17, 15) is 13.6 Å². The standard InChI is InChI=1S/C18H20F2N6O/c19-18(20)4-7-25(11-18)17(27)24-6-1-2-12(10-24)16-23-9-13-8-22-15-14(26(13)16)3-5-21-15/h3,5,8-9,12,21H,1-2,4,6-7,10-11H2. The van der Waals surface area contributed by atoms with E-state index in [0.29, 0.717) is 13.1 Å². The van der Waals surface area contributed by atoms with E-state index >= 15 is 0 Å². The van der Waals surface area contributed by atoms with Crippen LogP contribution in [0.25, 0.3) is 16.7 Å². The maximum Gasteiger partial charge on any atom is 0.320 e. The number of urea groups is 1. The molecule has 2 aliphatic rings. The van der Waals surface area contributed by atoms with Gasteiger partial charge in [-0.15, -0.1) is 0 Å². The molecule has 1 N–H and O–H groups in total. The maximum absolute atomic E-state index is 13.5. The van der Waals surface area contributed by atoms with Gasteiger partial charge in [0.15, 0.2) is 5.65 Å². The second kappa shape index (κ2) is 5.90. The third kappa shape index (κ3) is 2.72. The summed E-state index contributed by atoms with van der Waals surface area (Å²) in [5.41, 5.74) is 2.63. The number of hydrogen-bond donors (Lipinski definition) is 1. The van der Waals surface area contributed by atoms with Gasteiger partial charge in [-0.1, -0.05) is 0 Å². The first kappa shape index (κ1) is 16.5. The lowest BCUT2D eigenvalue weighted by Crippen LogP contribution is -2.47. The van der Waals surface area contributed by atoms with Crippen molar-refractivity contribution in [3.05, 3.63) is 30.5 Å². The molecule has 9 heteroatoms. The Hall–Kier alpha value is -2.71. The highest BCUT2D eigenvalue weighted by Gasteiger charge is 2.42. The monoisotopic (exact) mass is 374 g/mol. The van der Waals surface area contributed by atoms with Gasteiger partial charge in [0, 0.05) is 38.2 Å². The van der Waals surface area contributed by atoms with Crippen molar-refractivity contribution < 1.29 is 13.6 Å². The Morgan fingerprint density at radius 1 is 1.22 bits per heavy atom. The van der Waals surface area contributed by atoms with Gasteiger partial charge in [-0.05, 0) is 18.9 Å². The zero-order valence-electron chi connectivity index (χ0n) is 14.7. The molecule has 5 rings (SSSR count). The fourth-order valence-electron chi connectivity index (χ4n) is 4.25. The molecular weight excluding hydrogens is 354 g/mol. The Morgan fingerprint density at radius 3 is 2.89 bits per heavy atom. The van der Waals surface area contributed by atoms with Crippen LogP contribution in [-0.4, -0.2) is 67.3 Å². The van der Waals surface area contributed by atoms with Gasteiger partial charge in [-0.25, -0.2) is 23.5 Å². The number of hydrogen-bond acceptors (Lipinski definition) is 3. The number of aromatic nitrogens is 4. The van der Waals surface area contributed by atoms with Gasteiger partial charge in [-0.2, -0.15) is 0 Å². The summed E-state index contributed by atoms with van der Waals surface area (Å²) in [6, 6.07) is 1.67. The van der Waals surface area contributed by atoms with Crippen molar-refractivity contribution in [3.63, 3.8) is 0 Å². The van der Waals surface area contributed by atoms with Gasteiger partial charge in [0.25, 0.3) is 5.92 Å². The summed E-state index contributed by atoms with van der Waals surface area (Å²) in [5, 5.41) is 0. The van der Waals surface area contributed by atoms with Gasteiger partial charge < -0.3 is 14.8 Å². The number of rotatable bonds is 1. The van der Waals surface area contributed by atoms with Crippen molar-refractivity contribution >= 4 is 22.7 Å². The molecule has 7 nitrogen and oxygen atoms in total. The summed E-state index contributed by atoms with van der Waals surface area (Å²) in [4.78, 5) is 27.8. The van der Waals surface area contributed by atoms with Gasteiger partial charge in [0.2, 0.25) is 0 Å². The zero-order valence-corrected chi connectivity index (χ0v) is 14.7. The van der Waals surface area contributed by atoms with Crippen LogP contribution in [0.3, 0.4) is 0 Å². The molecule has 0 saturated carbocycles. The number of alkyl halides is 2. The first-order valence-electron chi connectivity index (χ1n) is 9.23. The summed E-state index contributed by atoms with van der Waals surface area (Å²) in [6.45, 7) is 0.736. The molecule has 0 aromatic carbocycles. The van der Waals surface area contributed by atoms with Crippen LogP contribution in [-0.2, 0) is 0 Å². The molecule has 2 amide bonds. The number of imidazole rings is 1. The third-order valence-corrected chi connectivity index (χ3v) is 5.58. The van der Waals surface area contributed by atoms with Gasteiger partial charge >= 0.3 is 6.03 Å². The number of amides is 2. The van der Waals surface area contributed by atoms with Crippen LogP contribution >= 0.6 is 0 Å². The smallest absolute Gasteiger partial charge is 0.320 e. The Labute approximate surface area is 154 Å². The molecule has 0 radical (unpaired) electrons. The molecule has 2 fully saturated rings. The van der Waals surface area contributed by atoms with Crippen LogP contribution in [0.5, 0.6) is 0 Å². The highest BCUT2D eigenvalue weighted by molar-refractivity contribution is 5.76. The number of H-pyrrole nitrogens is 1. The first-order valence-corrected chi connectivity index (χ1v) is 9.23. The van der Waals surface area contributed by atoms with E-state index in [1.165, 1.54) is 4.90 Å². The fraction of sp³-hybridized carbons (Fsp3) is 0.500. The predicted molar refractivity (Wildman–Crippen MR) is 94.9 cm³/mol. The van der Waals surface area contributed by atoms with Gasteiger partial charge in [0.05, 0.1) is 30.0 Å². The normalized spacial score (nSPS) is 22.8. The molecule has 0 bridgehead atoms. The van der Waals surface area contributed by atoms with E-state index in [-0.39, 0.29) is 24.9 Å². The molecule has 2 aliphatic heterocycles. The van der Waals surface area contributed by atoms with Crippen LogP contribution in [0.4, 0.5) is 13.6 Å². The minimum Gasteiger partial charge on any atom is -0.345 e. The molecule has 27 heavy (non-hydrogen) atoms. The molecule has 3 aromatic rings. The zero-order chi connectivity index (χ0) is 18.6. The molecule has 142 valence electrons. The van der Waals surface area contributed by atoms with Crippen LogP contribution in [0.2, 0.25) is 0 Å². The van der Waals surface area contributed by atoms with E-state index in [2.05, 4.69) is 19.4 Å². The molecule has 1 atom stereocenters. The minimum atomic E-state index is -2.77. The first-order chi connectivity index (χ1) is 13.0. The summed E-state index contributed by atoms with van der Waals surface area (Å²) < 4.78 is 29.0. The molecule has 3 aromatic heterocycles. The SMILES string of the molecule is O=C(N1CCCC(c2ncc3cnc4[nH]ccc4n23)C1)N1CCC(F)(F)C1. The molecule has 0 spiro atoms. The fourth-order valence-corrected chi connectivity index (χ4v) is 4.25. The summed E-state index contributed by atoms with van der Waals surface area (Å²) in [6.07, 6.45) is 6.89. The Balaban J connectivity index is 1.42. The number of aromatic amines is 1. The lowest BCUT2D eigenvalue weighted by Gasteiger charge is -2.34. The third-order valence-electron chi connectivity index (χ3n) is 5.58. The number of likely N-dealkylation sites (tertiary alicyclic amines) is 2. The van der Waals surface area contributed by atoms with Crippen molar-refractivity contribution in [1.82, 2.24) is 29.2 Å². The van der Waals surface area contributed by atoms with E-state index in [4.69, 9.17) is 0 Å². The van der Waals surface area contributed by atoms with Crippen molar-refractivity contribution in [3.8, 4) is 0 Å². The van der Waals surface area contributed by atoms with Crippen LogP contribution in [0.1, 0.15) is 31.0 Å². The quantitative estimate of drug-likeness (QED) is 0.712. The molecule has 0 aliphatic carbocycles. The average Bonchev–Trinajstić information content (AvgIpc) is 3.37. The van der Waals surface area contributed by atoms with Crippen molar-refractivity contribution in [2.24, 2.45) is 0 Å². The Morgan fingerprint density at radius 2 is 2.07 bits per heavy atom. The second-order valence-corrected chi connectivity index (χ2v) is 7.44. The van der Waals surface area contributed by atoms with E-state index < -0.39 is 12.5 Å². The number of nitrogens with one attached hydrogen (secondary N) is 1. The molecular formula is C18H20F2N6O. The minimum absolute atomic E-state index is 0.0637. The summed E-state index contributed by atoms with van der Waals surface area (Å²) in [7, 11) is 0. The largest absolute Gasteiger partial charge is 0.345 e. The number of nitrogens with zero attached hydrogens (tertiary/aromatic N) is 5. The van der Waals surface area contributed by atoms with E-state index in [1.54, 1.807) is 17.3 Å². The highest BCUT2D eigenvalue weighted by atomic mass is 19.3. The number of halogens is 2. The van der Waals surface area contributed by atoms with Gasteiger partial charge in [-0.3, -0.25) is 4.40 Å². The maximum atomic E-state index is 13.5. The second-order valence-electron chi connectivity index (χ2n) is 7.44.